The summed E-state index contributed by atoms with van der Waals surface area (Å²) in [5.41, 5.74) is 0. The van der Waals surface area contributed by atoms with E-state index in [9.17, 15) is 4.79 Å². The smallest absolute Gasteiger partial charge is 0.136 e. The SMILES string of the molecule is CCCOCCC1CCCCC1=O. The van der Waals surface area contributed by atoms with Crippen LogP contribution in [0.3, 0.4) is 0 Å². The second-order valence-corrected chi connectivity index (χ2v) is 3.81. The molecule has 0 aromatic rings. The predicted octanol–water partition coefficient (Wildman–Crippen LogP) is 2.56. The van der Waals surface area contributed by atoms with Crippen LogP contribution in [0.4, 0.5) is 0 Å². The molecule has 0 spiro atoms. The molecule has 0 aliphatic heterocycles. The van der Waals surface area contributed by atoms with Gasteiger partial charge in [-0.15, -0.1) is 0 Å². The molecule has 76 valence electrons. The van der Waals surface area contributed by atoms with E-state index in [1.165, 1.54) is 6.42 Å². The van der Waals surface area contributed by atoms with Gasteiger partial charge in [0, 0.05) is 25.6 Å². The summed E-state index contributed by atoms with van der Waals surface area (Å²) in [5.74, 6) is 0.775. The second kappa shape index (κ2) is 6.14. The molecule has 0 aromatic carbocycles. The Bertz CT molecular complexity index is 154. The summed E-state index contributed by atoms with van der Waals surface area (Å²) in [6.07, 6.45) is 6.24. The molecule has 0 radical (unpaired) electrons. The highest BCUT2D eigenvalue weighted by atomic mass is 16.5. The maximum absolute atomic E-state index is 11.4. The first-order valence-corrected chi connectivity index (χ1v) is 5.45. The minimum Gasteiger partial charge on any atom is -0.381 e. The van der Waals surface area contributed by atoms with E-state index in [4.69, 9.17) is 4.74 Å². The molecular weight excluding hydrogens is 164 g/mol. The third-order valence-corrected chi connectivity index (χ3v) is 2.64. The molecule has 1 atom stereocenters. The molecule has 1 rings (SSSR count). The summed E-state index contributed by atoms with van der Waals surface area (Å²) in [5, 5.41) is 0. The van der Waals surface area contributed by atoms with Crippen LogP contribution in [0.1, 0.15) is 45.4 Å². The van der Waals surface area contributed by atoms with Crippen LogP contribution in [-0.2, 0) is 9.53 Å². The van der Waals surface area contributed by atoms with Gasteiger partial charge < -0.3 is 4.74 Å². The van der Waals surface area contributed by atoms with Crippen LogP contribution in [0.2, 0.25) is 0 Å². The molecule has 1 saturated carbocycles. The lowest BCUT2D eigenvalue weighted by molar-refractivity contribution is -0.125. The average molecular weight is 184 g/mol. The number of ketones is 1. The maximum Gasteiger partial charge on any atom is 0.136 e. The van der Waals surface area contributed by atoms with Crippen molar-refractivity contribution in [1.82, 2.24) is 0 Å². The van der Waals surface area contributed by atoms with Gasteiger partial charge in [0.25, 0.3) is 0 Å². The van der Waals surface area contributed by atoms with E-state index >= 15 is 0 Å². The van der Waals surface area contributed by atoms with Gasteiger partial charge in [-0.05, 0) is 25.7 Å². The molecule has 1 fully saturated rings. The standard InChI is InChI=1S/C11H20O2/c1-2-8-13-9-7-10-5-3-4-6-11(10)12/h10H,2-9H2,1H3. The minimum atomic E-state index is 0.311. The number of hydrogen-bond acceptors (Lipinski definition) is 2. The normalized spacial score (nSPS) is 23.5. The number of carbonyl (C=O) groups is 1. The van der Waals surface area contributed by atoms with Crippen LogP contribution in [0.15, 0.2) is 0 Å². The number of hydrogen-bond donors (Lipinski definition) is 0. The molecular formula is C11H20O2. The van der Waals surface area contributed by atoms with Gasteiger partial charge in [0.15, 0.2) is 0 Å². The van der Waals surface area contributed by atoms with Gasteiger partial charge in [-0.25, -0.2) is 0 Å². The fraction of sp³-hybridized carbons (Fsp3) is 0.909. The van der Waals surface area contributed by atoms with Gasteiger partial charge in [0.1, 0.15) is 5.78 Å². The lowest BCUT2D eigenvalue weighted by atomic mass is 9.86. The van der Waals surface area contributed by atoms with Crippen LogP contribution < -0.4 is 0 Å². The zero-order valence-corrected chi connectivity index (χ0v) is 8.55. The largest absolute Gasteiger partial charge is 0.381 e. The van der Waals surface area contributed by atoms with Crippen LogP contribution in [0.5, 0.6) is 0 Å². The fourth-order valence-corrected chi connectivity index (χ4v) is 1.83. The second-order valence-electron chi connectivity index (χ2n) is 3.81. The van der Waals surface area contributed by atoms with E-state index in [0.29, 0.717) is 11.7 Å². The quantitative estimate of drug-likeness (QED) is 0.614. The summed E-state index contributed by atoms with van der Waals surface area (Å²) in [4.78, 5) is 11.4. The van der Waals surface area contributed by atoms with E-state index in [0.717, 1.165) is 45.3 Å². The van der Waals surface area contributed by atoms with Crippen LogP contribution in [-0.4, -0.2) is 19.0 Å². The van der Waals surface area contributed by atoms with E-state index in [1.54, 1.807) is 0 Å². The molecule has 0 aromatic heterocycles. The molecule has 1 aliphatic carbocycles. The highest BCUT2D eigenvalue weighted by Gasteiger charge is 2.21. The average Bonchev–Trinajstić information content (AvgIpc) is 2.15. The molecule has 2 nitrogen and oxygen atoms in total. The lowest BCUT2D eigenvalue weighted by Crippen LogP contribution is -2.20. The van der Waals surface area contributed by atoms with Crippen molar-refractivity contribution in [2.45, 2.75) is 45.4 Å². The Balaban J connectivity index is 2.08. The van der Waals surface area contributed by atoms with Crippen molar-refractivity contribution in [3.8, 4) is 0 Å². The van der Waals surface area contributed by atoms with Crippen molar-refractivity contribution < 1.29 is 9.53 Å². The van der Waals surface area contributed by atoms with Crippen LogP contribution in [0, 0.1) is 5.92 Å². The molecule has 0 amide bonds. The van der Waals surface area contributed by atoms with Crippen molar-refractivity contribution in [2.75, 3.05) is 13.2 Å². The highest BCUT2D eigenvalue weighted by Crippen LogP contribution is 2.23. The molecule has 2 heteroatoms. The number of carbonyl (C=O) groups excluding carboxylic acids is 1. The molecule has 13 heavy (non-hydrogen) atoms. The topological polar surface area (TPSA) is 26.3 Å². The Morgan fingerprint density at radius 1 is 1.38 bits per heavy atom. The molecule has 1 unspecified atom stereocenters. The van der Waals surface area contributed by atoms with Crippen molar-refractivity contribution in [2.24, 2.45) is 5.92 Å². The summed E-state index contributed by atoms with van der Waals surface area (Å²) in [6, 6.07) is 0. The zero-order valence-electron chi connectivity index (χ0n) is 8.55. The van der Waals surface area contributed by atoms with E-state index in [2.05, 4.69) is 6.92 Å². The first kappa shape index (κ1) is 10.7. The van der Waals surface area contributed by atoms with Crippen molar-refractivity contribution in [3.05, 3.63) is 0 Å². The Kier molecular flexibility index (Phi) is 5.06. The highest BCUT2D eigenvalue weighted by molar-refractivity contribution is 5.81. The third-order valence-electron chi connectivity index (χ3n) is 2.64. The van der Waals surface area contributed by atoms with E-state index in [-0.39, 0.29) is 0 Å². The van der Waals surface area contributed by atoms with Crippen molar-refractivity contribution in [1.29, 1.82) is 0 Å². The van der Waals surface area contributed by atoms with Gasteiger partial charge in [-0.2, -0.15) is 0 Å². The van der Waals surface area contributed by atoms with Gasteiger partial charge in [-0.1, -0.05) is 13.3 Å². The first-order valence-electron chi connectivity index (χ1n) is 5.45. The number of Topliss-reactive ketones (excluding diaryl/α,β-unsaturated/α-hetero) is 1. The third kappa shape index (κ3) is 3.90. The lowest BCUT2D eigenvalue weighted by Gasteiger charge is -2.19. The maximum atomic E-state index is 11.4. The minimum absolute atomic E-state index is 0.311. The Morgan fingerprint density at radius 3 is 2.92 bits per heavy atom. The molecule has 1 aliphatic rings. The Morgan fingerprint density at radius 2 is 2.23 bits per heavy atom. The van der Waals surface area contributed by atoms with Crippen molar-refractivity contribution in [3.63, 3.8) is 0 Å². The Hall–Kier alpha value is -0.370. The van der Waals surface area contributed by atoms with Gasteiger partial charge >= 0.3 is 0 Å². The molecule has 0 heterocycles. The first-order chi connectivity index (χ1) is 6.34. The van der Waals surface area contributed by atoms with Gasteiger partial charge in [0.05, 0.1) is 0 Å². The van der Waals surface area contributed by atoms with Gasteiger partial charge in [-0.3, -0.25) is 4.79 Å². The summed E-state index contributed by atoms with van der Waals surface area (Å²) in [6.45, 7) is 3.71. The van der Waals surface area contributed by atoms with E-state index in [1.807, 2.05) is 0 Å². The Labute approximate surface area is 80.7 Å². The van der Waals surface area contributed by atoms with E-state index < -0.39 is 0 Å². The zero-order chi connectivity index (χ0) is 9.52. The fourth-order valence-electron chi connectivity index (χ4n) is 1.83. The van der Waals surface area contributed by atoms with Crippen molar-refractivity contribution >= 4 is 5.78 Å². The summed E-state index contributed by atoms with van der Waals surface area (Å²) in [7, 11) is 0. The van der Waals surface area contributed by atoms with Gasteiger partial charge in [0.2, 0.25) is 0 Å². The number of ether oxygens (including phenoxy) is 1. The molecule has 0 saturated heterocycles. The summed E-state index contributed by atoms with van der Waals surface area (Å²) >= 11 is 0. The number of rotatable bonds is 5. The molecule has 0 bridgehead atoms. The van der Waals surface area contributed by atoms with Crippen LogP contribution >= 0.6 is 0 Å². The monoisotopic (exact) mass is 184 g/mol. The predicted molar refractivity (Wildman–Crippen MR) is 52.7 cm³/mol. The summed E-state index contributed by atoms with van der Waals surface area (Å²) < 4.78 is 5.38. The molecule has 0 N–H and O–H groups in total. The van der Waals surface area contributed by atoms with Crippen LogP contribution in [0.25, 0.3) is 0 Å².